The lowest BCUT2D eigenvalue weighted by molar-refractivity contribution is -0.111. The minimum Gasteiger partial charge on any atom is -0.288 e. The van der Waals surface area contributed by atoms with Crippen LogP contribution in [-0.4, -0.2) is 26.1 Å². The molecule has 0 aliphatic carbocycles. The third kappa shape index (κ3) is 3.89. The van der Waals surface area contributed by atoms with Crippen LogP contribution >= 0.6 is 11.6 Å². The van der Waals surface area contributed by atoms with E-state index in [9.17, 15) is 4.79 Å². The fraction of sp³-hybridized carbons (Fsp3) is 0.167. The molecule has 0 saturated carbocycles. The van der Waals surface area contributed by atoms with Gasteiger partial charge in [0.05, 0.1) is 6.54 Å². The van der Waals surface area contributed by atoms with Crippen molar-refractivity contribution >= 4 is 29.5 Å². The number of anilines is 1. The first-order chi connectivity index (χ1) is 9.17. The Kier molecular flexibility index (Phi) is 4.25. The van der Waals surface area contributed by atoms with Crippen LogP contribution in [0, 0.1) is 0 Å². The van der Waals surface area contributed by atoms with Gasteiger partial charge in [-0.05, 0) is 35.9 Å². The van der Waals surface area contributed by atoms with E-state index < -0.39 is 0 Å². The average molecular weight is 278 g/mol. The van der Waals surface area contributed by atoms with Crippen molar-refractivity contribution in [1.29, 1.82) is 0 Å². The molecule has 0 spiro atoms. The van der Waals surface area contributed by atoms with Crippen molar-refractivity contribution in [3.63, 3.8) is 0 Å². The zero-order valence-electron chi connectivity index (χ0n) is 10.2. The highest BCUT2D eigenvalue weighted by Crippen LogP contribution is 2.10. The molecule has 1 heterocycles. The van der Waals surface area contributed by atoms with Crippen molar-refractivity contribution in [2.24, 2.45) is 0 Å². The number of rotatable bonds is 4. The molecule has 1 N–H and O–H groups in total. The van der Waals surface area contributed by atoms with E-state index >= 15 is 0 Å². The van der Waals surface area contributed by atoms with E-state index in [2.05, 4.69) is 20.7 Å². The standard InChI is InChI=1S/C12H12ClN5O/c1-2-18-16-12(15-17-18)14-11(19)8-5-9-3-6-10(13)7-4-9/h3-8H,2H2,1H3,(H,14,16,19). The first kappa shape index (κ1) is 13.2. The van der Waals surface area contributed by atoms with Gasteiger partial charge in [-0.15, -0.1) is 5.10 Å². The number of nitrogens with one attached hydrogen (secondary N) is 1. The molecule has 98 valence electrons. The van der Waals surface area contributed by atoms with E-state index in [0.29, 0.717) is 11.6 Å². The molecule has 1 aromatic heterocycles. The molecule has 0 unspecified atom stereocenters. The van der Waals surface area contributed by atoms with Gasteiger partial charge in [-0.25, -0.2) is 0 Å². The van der Waals surface area contributed by atoms with Crippen molar-refractivity contribution in [2.75, 3.05) is 5.32 Å². The topological polar surface area (TPSA) is 72.7 Å². The monoisotopic (exact) mass is 277 g/mol. The van der Waals surface area contributed by atoms with Crippen LogP contribution in [0.1, 0.15) is 12.5 Å². The number of hydrogen-bond donors (Lipinski definition) is 1. The predicted molar refractivity (Wildman–Crippen MR) is 72.6 cm³/mol. The number of nitrogens with zero attached hydrogens (tertiary/aromatic N) is 4. The van der Waals surface area contributed by atoms with Crippen LogP contribution in [0.3, 0.4) is 0 Å². The number of aromatic nitrogens is 4. The highest BCUT2D eigenvalue weighted by Gasteiger charge is 2.03. The number of carbonyl (C=O) groups is 1. The number of halogens is 1. The normalized spacial score (nSPS) is 10.8. The van der Waals surface area contributed by atoms with Gasteiger partial charge in [0, 0.05) is 11.1 Å². The Morgan fingerprint density at radius 1 is 1.42 bits per heavy atom. The summed E-state index contributed by atoms with van der Waals surface area (Å²) in [5.74, 6) is -0.127. The Balaban J connectivity index is 1.95. The van der Waals surface area contributed by atoms with Gasteiger partial charge in [0.2, 0.25) is 0 Å². The highest BCUT2D eigenvalue weighted by atomic mass is 35.5. The molecular formula is C12H12ClN5O. The molecule has 2 rings (SSSR count). The molecule has 0 saturated heterocycles. The fourth-order valence-corrected chi connectivity index (χ4v) is 1.45. The van der Waals surface area contributed by atoms with Crippen molar-refractivity contribution in [3.8, 4) is 0 Å². The molecule has 1 amide bonds. The van der Waals surface area contributed by atoms with Crippen molar-refractivity contribution in [2.45, 2.75) is 13.5 Å². The molecule has 2 aromatic rings. The predicted octanol–water partition coefficient (Wildman–Crippen LogP) is 2.00. The lowest BCUT2D eigenvalue weighted by Crippen LogP contribution is -2.09. The van der Waals surface area contributed by atoms with Gasteiger partial charge in [-0.1, -0.05) is 28.8 Å². The van der Waals surface area contributed by atoms with Crippen molar-refractivity contribution < 1.29 is 4.79 Å². The molecule has 7 heteroatoms. The Hall–Kier alpha value is -2.21. The van der Waals surface area contributed by atoms with Gasteiger partial charge in [0.1, 0.15) is 0 Å². The summed E-state index contributed by atoms with van der Waals surface area (Å²) in [6, 6.07) is 7.15. The van der Waals surface area contributed by atoms with Crippen LogP contribution in [0.2, 0.25) is 5.02 Å². The Labute approximate surface area is 115 Å². The van der Waals surface area contributed by atoms with E-state index in [4.69, 9.17) is 11.6 Å². The summed E-state index contributed by atoms with van der Waals surface area (Å²) in [6.45, 7) is 2.48. The second-order valence-corrected chi connectivity index (χ2v) is 4.11. The number of hydrogen-bond acceptors (Lipinski definition) is 4. The van der Waals surface area contributed by atoms with E-state index in [0.717, 1.165) is 5.56 Å². The Morgan fingerprint density at radius 3 is 2.79 bits per heavy atom. The molecule has 19 heavy (non-hydrogen) atoms. The molecule has 0 radical (unpaired) electrons. The number of tetrazole rings is 1. The third-order valence-electron chi connectivity index (χ3n) is 2.27. The smallest absolute Gasteiger partial charge is 0.270 e. The summed E-state index contributed by atoms with van der Waals surface area (Å²) < 4.78 is 0. The van der Waals surface area contributed by atoms with Crippen LogP contribution in [0.25, 0.3) is 6.08 Å². The Bertz CT molecular complexity index is 590. The van der Waals surface area contributed by atoms with Gasteiger partial charge in [0.15, 0.2) is 0 Å². The van der Waals surface area contributed by atoms with Crippen LogP contribution in [0.15, 0.2) is 30.3 Å². The summed E-state index contributed by atoms with van der Waals surface area (Å²) in [5, 5.41) is 14.6. The average Bonchev–Trinajstić information content (AvgIpc) is 2.86. The van der Waals surface area contributed by atoms with E-state index in [-0.39, 0.29) is 11.9 Å². The van der Waals surface area contributed by atoms with Crippen LogP contribution in [0.4, 0.5) is 5.95 Å². The lowest BCUT2D eigenvalue weighted by Gasteiger charge is -1.95. The maximum absolute atomic E-state index is 11.6. The van der Waals surface area contributed by atoms with E-state index in [1.165, 1.54) is 10.9 Å². The molecule has 0 atom stereocenters. The van der Waals surface area contributed by atoms with Gasteiger partial charge >= 0.3 is 0 Å². The van der Waals surface area contributed by atoms with Gasteiger partial charge < -0.3 is 0 Å². The maximum Gasteiger partial charge on any atom is 0.270 e. The third-order valence-corrected chi connectivity index (χ3v) is 2.52. The molecule has 1 aromatic carbocycles. The second-order valence-electron chi connectivity index (χ2n) is 3.68. The summed E-state index contributed by atoms with van der Waals surface area (Å²) in [4.78, 5) is 13.0. The Morgan fingerprint density at radius 2 is 2.16 bits per heavy atom. The maximum atomic E-state index is 11.6. The molecule has 0 bridgehead atoms. The van der Waals surface area contributed by atoms with Crippen molar-refractivity contribution in [3.05, 3.63) is 40.9 Å². The van der Waals surface area contributed by atoms with Crippen LogP contribution in [-0.2, 0) is 11.3 Å². The van der Waals surface area contributed by atoms with Gasteiger partial charge in [-0.3, -0.25) is 10.1 Å². The largest absolute Gasteiger partial charge is 0.288 e. The summed E-state index contributed by atoms with van der Waals surface area (Å²) >= 11 is 5.77. The summed E-state index contributed by atoms with van der Waals surface area (Å²) in [7, 11) is 0. The fourth-order valence-electron chi connectivity index (χ4n) is 1.32. The number of benzene rings is 1. The summed E-state index contributed by atoms with van der Waals surface area (Å²) in [6.07, 6.45) is 3.08. The molecule has 0 aliphatic rings. The van der Waals surface area contributed by atoms with E-state index in [1.807, 2.05) is 19.1 Å². The SMILES string of the molecule is CCn1nnc(NC(=O)C=Cc2ccc(Cl)cc2)n1. The zero-order valence-corrected chi connectivity index (χ0v) is 11.0. The number of amides is 1. The highest BCUT2D eigenvalue weighted by molar-refractivity contribution is 6.30. The minimum absolute atomic E-state index is 0.188. The minimum atomic E-state index is -0.314. The van der Waals surface area contributed by atoms with E-state index in [1.54, 1.807) is 18.2 Å². The van der Waals surface area contributed by atoms with Gasteiger partial charge in [-0.2, -0.15) is 4.80 Å². The quantitative estimate of drug-likeness (QED) is 0.868. The zero-order chi connectivity index (χ0) is 13.7. The van der Waals surface area contributed by atoms with Crippen LogP contribution < -0.4 is 5.32 Å². The molecule has 6 nitrogen and oxygen atoms in total. The molecular weight excluding hydrogens is 266 g/mol. The van der Waals surface area contributed by atoms with Gasteiger partial charge in [0.25, 0.3) is 11.9 Å². The first-order valence-electron chi connectivity index (χ1n) is 5.70. The summed E-state index contributed by atoms with van der Waals surface area (Å²) in [5.41, 5.74) is 0.879. The lowest BCUT2D eigenvalue weighted by atomic mass is 10.2. The molecule has 0 aliphatic heterocycles. The number of aryl methyl sites for hydroxylation is 1. The van der Waals surface area contributed by atoms with Crippen molar-refractivity contribution in [1.82, 2.24) is 20.2 Å². The number of carbonyl (C=O) groups excluding carboxylic acids is 1. The van der Waals surface area contributed by atoms with Crippen LogP contribution in [0.5, 0.6) is 0 Å². The first-order valence-corrected chi connectivity index (χ1v) is 6.07. The molecule has 0 fully saturated rings. The second kappa shape index (κ2) is 6.10.